The number of ether oxygens (including phenoxy) is 2. The average Bonchev–Trinajstić information content (AvgIpc) is 3.36. The first kappa shape index (κ1) is 72.0. The van der Waals surface area contributed by atoms with E-state index in [9.17, 15) is 19.0 Å². The number of rotatable bonds is 58. The molecule has 0 heterocycles. The molecular weight excluding hydrogens is 942 g/mol. The van der Waals surface area contributed by atoms with E-state index in [1.165, 1.54) is 205 Å². The summed E-state index contributed by atoms with van der Waals surface area (Å²) in [6, 6.07) is 0. The minimum atomic E-state index is -4.38. The van der Waals surface area contributed by atoms with Crippen LogP contribution in [0, 0.1) is 0 Å². The summed E-state index contributed by atoms with van der Waals surface area (Å²) in [5.41, 5.74) is 0. The molecular formula is C64H121NO8P+. The zero-order valence-electron chi connectivity index (χ0n) is 49.3. The fourth-order valence-corrected chi connectivity index (χ4v) is 9.81. The molecule has 1 N–H and O–H groups in total. The quantitative estimate of drug-likeness (QED) is 0.0211. The summed E-state index contributed by atoms with van der Waals surface area (Å²) in [4.78, 5) is 35.7. The first-order chi connectivity index (χ1) is 36.0. The van der Waals surface area contributed by atoms with E-state index in [0.29, 0.717) is 23.9 Å². The summed E-state index contributed by atoms with van der Waals surface area (Å²) in [6.07, 6.45) is 70.6. The van der Waals surface area contributed by atoms with Crippen LogP contribution in [0.1, 0.15) is 296 Å². The minimum Gasteiger partial charge on any atom is -0.462 e. The van der Waals surface area contributed by atoms with Crippen LogP contribution in [-0.2, 0) is 32.7 Å². The first-order valence-corrected chi connectivity index (χ1v) is 32.9. The monoisotopic (exact) mass is 1060 g/mol. The Hall–Kier alpha value is -2.03. The Labute approximate surface area is 458 Å². The van der Waals surface area contributed by atoms with Crippen molar-refractivity contribution >= 4 is 19.8 Å². The van der Waals surface area contributed by atoms with Gasteiger partial charge in [-0.05, 0) is 51.4 Å². The van der Waals surface area contributed by atoms with E-state index < -0.39 is 26.5 Å². The fraction of sp³-hybridized carbons (Fsp3) is 0.844. The molecule has 9 nitrogen and oxygen atoms in total. The molecule has 0 aromatic rings. The third kappa shape index (κ3) is 59.2. The van der Waals surface area contributed by atoms with Crippen LogP contribution in [-0.4, -0.2) is 74.9 Å². The smallest absolute Gasteiger partial charge is 0.462 e. The lowest BCUT2D eigenvalue weighted by Gasteiger charge is -2.24. The van der Waals surface area contributed by atoms with Crippen molar-refractivity contribution in [1.82, 2.24) is 0 Å². The Bertz CT molecular complexity index is 1390. The van der Waals surface area contributed by atoms with Crippen molar-refractivity contribution in [2.75, 3.05) is 47.5 Å². The van der Waals surface area contributed by atoms with Gasteiger partial charge in [-0.2, -0.15) is 0 Å². The topological polar surface area (TPSA) is 108 Å². The van der Waals surface area contributed by atoms with Gasteiger partial charge in [0.15, 0.2) is 6.10 Å². The minimum absolute atomic E-state index is 0.0346. The molecule has 0 radical (unpaired) electrons. The molecule has 0 amide bonds. The number of phosphoric ester groups is 1. The third-order valence-electron chi connectivity index (χ3n) is 13.9. The first-order valence-electron chi connectivity index (χ1n) is 31.4. The van der Waals surface area contributed by atoms with Crippen molar-refractivity contribution in [3.63, 3.8) is 0 Å². The lowest BCUT2D eigenvalue weighted by molar-refractivity contribution is -0.870. The Balaban J connectivity index is 3.96. The molecule has 0 spiro atoms. The van der Waals surface area contributed by atoms with Crippen LogP contribution in [0.2, 0.25) is 0 Å². The van der Waals surface area contributed by atoms with Crippen molar-refractivity contribution in [2.24, 2.45) is 0 Å². The van der Waals surface area contributed by atoms with Gasteiger partial charge in [-0.25, -0.2) is 4.57 Å². The number of hydrogen-bond donors (Lipinski definition) is 1. The van der Waals surface area contributed by atoms with Gasteiger partial charge in [0.05, 0.1) is 27.7 Å². The molecule has 0 saturated carbocycles. The second-order valence-corrected chi connectivity index (χ2v) is 23.9. The maximum Gasteiger partial charge on any atom is 0.472 e. The molecule has 10 heteroatoms. The molecule has 0 aromatic carbocycles. The van der Waals surface area contributed by atoms with Crippen LogP contribution < -0.4 is 0 Å². The standard InChI is InChI=1S/C64H120NO8P/c1-6-8-10-12-14-16-18-20-22-23-24-25-26-27-28-29-30-31-32-33-34-35-36-37-38-39-40-41-43-45-47-49-51-53-55-57-64(67)73-62(61-72-74(68,69)71-59-58-65(3,4)5)60-70-63(66)56-54-52-50-48-46-44-42-21-19-17-15-13-11-9-7-2/h8,10,14,16,20,22,24-25,62H,6-7,9,11-13,15,17-19,21,23,26-61H2,1-5H3/p+1/b10-8-,16-14-,22-20-,25-24-. The Morgan fingerprint density at radius 2 is 0.770 bits per heavy atom. The second kappa shape index (κ2) is 55.7. The van der Waals surface area contributed by atoms with Gasteiger partial charge in [-0.3, -0.25) is 18.6 Å². The van der Waals surface area contributed by atoms with E-state index >= 15 is 0 Å². The third-order valence-corrected chi connectivity index (χ3v) is 14.9. The molecule has 0 bridgehead atoms. The number of quaternary nitrogens is 1. The number of likely N-dealkylation sites (N-methyl/N-ethyl adjacent to an activating group) is 1. The number of allylic oxidation sites excluding steroid dienone is 8. The van der Waals surface area contributed by atoms with Gasteiger partial charge in [0.1, 0.15) is 19.8 Å². The summed E-state index contributed by atoms with van der Waals surface area (Å²) in [5.74, 6) is -0.780. The van der Waals surface area contributed by atoms with Crippen LogP contribution in [0.4, 0.5) is 0 Å². The summed E-state index contributed by atoms with van der Waals surface area (Å²) in [5, 5.41) is 0. The maximum absolute atomic E-state index is 12.8. The second-order valence-electron chi connectivity index (χ2n) is 22.4. The lowest BCUT2D eigenvalue weighted by atomic mass is 10.0. The Kier molecular flexibility index (Phi) is 54.2. The predicted molar refractivity (Wildman–Crippen MR) is 317 cm³/mol. The molecule has 2 unspecified atom stereocenters. The zero-order valence-corrected chi connectivity index (χ0v) is 50.2. The zero-order chi connectivity index (χ0) is 54.2. The van der Waals surface area contributed by atoms with E-state index in [-0.39, 0.29) is 25.6 Å². The summed E-state index contributed by atoms with van der Waals surface area (Å²) >= 11 is 0. The highest BCUT2D eigenvalue weighted by molar-refractivity contribution is 7.47. The van der Waals surface area contributed by atoms with E-state index in [2.05, 4.69) is 62.5 Å². The van der Waals surface area contributed by atoms with Gasteiger partial charge in [0.25, 0.3) is 0 Å². The van der Waals surface area contributed by atoms with E-state index in [1.54, 1.807) is 0 Å². The number of carbonyl (C=O) groups is 2. The van der Waals surface area contributed by atoms with Crippen LogP contribution >= 0.6 is 7.82 Å². The van der Waals surface area contributed by atoms with Crippen LogP contribution in [0.25, 0.3) is 0 Å². The molecule has 0 aliphatic rings. The molecule has 0 aliphatic carbocycles. The van der Waals surface area contributed by atoms with Gasteiger partial charge >= 0.3 is 19.8 Å². The molecule has 2 atom stereocenters. The maximum atomic E-state index is 12.8. The fourth-order valence-electron chi connectivity index (χ4n) is 9.07. The van der Waals surface area contributed by atoms with Crippen molar-refractivity contribution in [3.05, 3.63) is 48.6 Å². The van der Waals surface area contributed by atoms with Crippen molar-refractivity contribution < 1.29 is 42.1 Å². The van der Waals surface area contributed by atoms with Crippen molar-refractivity contribution in [2.45, 2.75) is 302 Å². The van der Waals surface area contributed by atoms with Gasteiger partial charge in [0.2, 0.25) is 0 Å². The number of carbonyl (C=O) groups excluding carboxylic acids is 2. The van der Waals surface area contributed by atoms with Gasteiger partial charge < -0.3 is 18.9 Å². The number of nitrogens with zero attached hydrogens (tertiary/aromatic N) is 1. The molecule has 0 saturated heterocycles. The van der Waals surface area contributed by atoms with Crippen LogP contribution in [0.15, 0.2) is 48.6 Å². The Morgan fingerprint density at radius 3 is 1.15 bits per heavy atom. The highest BCUT2D eigenvalue weighted by atomic mass is 31.2. The molecule has 0 fully saturated rings. The highest BCUT2D eigenvalue weighted by Gasteiger charge is 2.27. The molecule has 74 heavy (non-hydrogen) atoms. The number of hydrogen-bond acceptors (Lipinski definition) is 7. The normalized spacial score (nSPS) is 13.5. The molecule has 0 aliphatic heterocycles. The van der Waals surface area contributed by atoms with Crippen LogP contribution in [0.3, 0.4) is 0 Å². The number of esters is 2. The molecule has 0 aromatic heterocycles. The van der Waals surface area contributed by atoms with E-state index in [1.807, 2.05) is 21.1 Å². The number of phosphoric acid groups is 1. The van der Waals surface area contributed by atoms with E-state index in [0.717, 1.165) is 57.8 Å². The van der Waals surface area contributed by atoms with E-state index in [4.69, 9.17) is 18.5 Å². The summed E-state index contributed by atoms with van der Waals surface area (Å²) in [7, 11) is 1.49. The SMILES string of the molecule is CC/C=C\C/C=C\C/C=C\C/C=C\CCCCCCCCCCCCCCCCCCCCCCCCC(=O)OC(COC(=O)CCCCCCCCCCCCCCCCC)COP(=O)(O)OCC[N+](C)(C)C. The average molecular weight is 1060 g/mol. The lowest BCUT2D eigenvalue weighted by Crippen LogP contribution is -2.37. The van der Waals surface area contributed by atoms with Crippen molar-refractivity contribution in [3.8, 4) is 0 Å². The Morgan fingerprint density at radius 1 is 0.432 bits per heavy atom. The van der Waals surface area contributed by atoms with Crippen LogP contribution in [0.5, 0.6) is 0 Å². The van der Waals surface area contributed by atoms with Gasteiger partial charge in [-0.1, -0.05) is 281 Å². The largest absolute Gasteiger partial charge is 0.472 e. The predicted octanol–water partition coefficient (Wildman–Crippen LogP) is 19.7. The molecule has 434 valence electrons. The van der Waals surface area contributed by atoms with Gasteiger partial charge in [-0.15, -0.1) is 0 Å². The highest BCUT2D eigenvalue weighted by Crippen LogP contribution is 2.43. The summed E-state index contributed by atoms with van der Waals surface area (Å²) < 4.78 is 34.6. The van der Waals surface area contributed by atoms with Gasteiger partial charge in [0, 0.05) is 12.8 Å². The number of unbranched alkanes of at least 4 members (excludes halogenated alkanes) is 36. The van der Waals surface area contributed by atoms with Crippen molar-refractivity contribution in [1.29, 1.82) is 0 Å². The molecule has 0 rings (SSSR count). The summed E-state index contributed by atoms with van der Waals surface area (Å²) in [6.45, 7) is 4.37.